The first kappa shape index (κ1) is 34.8. The number of piperazine rings is 1. The number of amides is 2. The lowest BCUT2D eigenvalue weighted by Gasteiger charge is -2.36. The maximum Gasteiger partial charge on any atom is 0.242 e. The quantitative estimate of drug-likeness (QED) is 0.0950. The van der Waals surface area contributed by atoms with Crippen molar-refractivity contribution in [2.45, 2.75) is 36.1 Å². The number of aryl methyl sites for hydroxylation is 1. The van der Waals surface area contributed by atoms with Crippen molar-refractivity contribution in [1.29, 1.82) is 0 Å². The molecule has 3 aromatic rings. The minimum absolute atomic E-state index is 0.0546. The Morgan fingerprint density at radius 2 is 1.76 bits per heavy atom. The van der Waals surface area contributed by atoms with Crippen LogP contribution in [0.4, 0.5) is 0 Å². The summed E-state index contributed by atoms with van der Waals surface area (Å²) in [7, 11) is -6.80. The molecule has 2 amide bonds. The van der Waals surface area contributed by atoms with E-state index in [-0.39, 0.29) is 47.4 Å². The summed E-state index contributed by atoms with van der Waals surface area (Å²) >= 11 is 0.953. The van der Waals surface area contributed by atoms with Crippen LogP contribution in [0.25, 0.3) is 0 Å². The van der Waals surface area contributed by atoms with Crippen molar-refractivity contribution in [3.05, 3.63) is 82.3 Å². The molecule has 0 radical (unpaired) electrons. The van der Waals surface area contributed by atoms with Crippen molar-refractivity contribution < 1.29 is 31.2 Å². The SMILES string of the molecule is CN=C(N)CC[C@](NC(=O)CN1CCN(S(=O)(=O)Cc2ccccc2)CC1=O)(NS(=O)(=O)c1ccc(C)cc1)C(=O)c1nccs1. The molecule has 1 aromatic heterocycles. The lowest BCUT2D eigenvalue weighted by atomic mass is 9.98. The minimum Gasteiger partial charge on any atom is -0.387 e. The highest BCUT2D eigenvalue weighted by Gasteiger charge is 2.46. The summed E-state index contributed by atoms with van der Waals surface area (Å²) in [4.78, 5) is 49.5. The van der Waals surface area contributed by atoms with Crippen LogP contribution < -0.4 is 15.8 Å². The van der Waals surface area contributed by atoms with E-state index in [1.807, 2.05) is 0 Å². The number of sulfonamides is 2. The van der Waals surface area contributed by atoms with Crippen molar-refractivity contribution in [3.63, 3.8) is 0 Å². The van der Waals surface area contributed by atoms with Crippen LogP contribution >= 0.6 is 11.3 Å². The van der Waals surface area contributed by atoms with Gasteiger partial charge < -0.3 is 16.0 Å². The summed E-state index contributed by atoms with van der Waals surface area (Å²) in [6.07, 6.45) is 0.955. The number of ketones is 1. The number of thiazole rings is 1. The van der Waals surface area contributed by atoms with Crippen LogP contribution in [-0.2, 0) is 35.4 Å². The predicted molar refractivity (Wildman–Crippen MR) is 173 cm³/mol. The molecule has 2 heterocycles. The standard InChI is InChI=1S/C29H35N7O7S3/c1-21-8-10-23(11-9-21)46(42,43)34-29(13-12-24(30)31-2,27(39)28-32-14-17-44-28)33-25(37)18-35-15-16-36(19-26(35)38)45(40,41)20-22-6-4-3-5-7-22/h3-11,14,17,34H,12-13,15-16,18-20H2,1-2H3,(H2,30,31)(H,33,37)/t29-/m0/s1. The molecule has 0 saturated carbocycles. The number of rotatable bonds is 14. The van der Waals surface area contributed by atoms with E-state index in [1.165, 1.54) is 30.8 Å². The van der Waals surface area contributed by atoms with Crippen LogP contribution in [-0.4, -0.2) is 93.3 Å². The summed E-state index contributed by atoms with van der Waals surface area (Å²) in [6, 6.07) is 14.5. The Labute approximate surface area is 271 Å². The van der Waals surface area contributed by atoms with Gasteiger partial charge >= 0.3 is 0 Å². The minimum atomic E-state index is -4.41. The second kappa shape index (κ2) is 14.6. The van der Waals surface area contributed by atoms with Crippen LogP contribution in [0, 0.1) is 6.92 Å². The summed E-state index contributed by atoms with van der Waals surface area (Å²) in [5.41, 5.74) is 5.03. The first-order valence-electron chi connectivity index (χ1n) is 14.1. The van der Waals surface area contributed by atoms with E-state index < -0.39 is 56.4 Å². The fraction of sp³-hybridized carbons (Fsp3) is 0.345. The van der Waals surface area contributed by atoms with Gasteiger partial charge in [0.2, 0.25) is 37.6 Å². The molecular weight excluding hydrogens is 655 g/mol. The zero-order valence-corrected chi connectivity index (χ0v) is 27.7. The zero-order valence-electron chi connectivity index (χ0n) is 25.2. The van der Waals surface area contributed by atoms with Crippen molar-refractivity contribution in [2.24, 2.45) is 10.7 Å². The van der Waals surface area contributed by atoms with Gasteiger partial charge in [0, 0.05) is 38.1 Å². The largest absolute Gasteiger partial charge is 0.387 e. The molecule has 17 heteroatoms. The fourth-order valence-electron chi connectivity index (χ4n) is 4.73. The third-order valence-electron chi connectivity index (χ3n) is 7.25. The van der Waals surface area contributed by atoms with Crippen LogP contribution in [0.5, 0.6) is 0 Å². The molecular formula is C29H35N7O7S3. The Kier molecular flexibility index (Phi) is 11.1. The summed E-state index contributed by atoms with van der Waals surface area (Å²) in [5.74, 6) is -2.51. The summed E-state index contributed by atoms with van der Waals surface area (Å²) in [6.45, 7) is 0.587. The average molecular weight is 690 g/mol. The number of hydrogen-bond acceptors (Lipinski definition) is 10. The van der Waals surface area contributed by atoms with Gasteiger partial charge in [-0.1, -0.05) is 48.0 Å². The second-order valence-corrected chi connectivity index (χ2v) is 15.2. The number of nitrogens with zero attached hydrogens (tertiary/aromatic N) is 4. The van der Waals surface area contributed by atoms with Crippen LogP contribution in [0.3, 0.4) is 0 Å². The highest BCUT2D eigenvalue weighted by molar-refractivity contribution is 7.89. The van der Waals surface area contributed by atoms with Gasteiger partial charge in [-0.15, -0.1) is 11.3 Å². The van der Waals surface area contributed by atoms with Gasteiger partial charge in [-0.05, 0) is 31.0 Å². The molecule has 46 heavy (non-hydrogen) atoms. The Hall–Kier alpha value is -4.03. The van der Waals surface area contributed by atoms with E-state index in [2.05, 4.69) is 20.0 Å². The van der Waals surface area contributed by atoms with Crippen molar-refractivity contribution in [1.82, 2.24) is 24.2 Å². The van der Waals surface area contributed by atoms with E-state index in [0.717, 1.165) is 26.1 Å². The van der Waals surface area contributed by atoms with Crippen molar-refractivity contribution in [2.75, 3.05) is 33.2 Å². The number of hydrogen-bond donors (Lipinski definition) is 3. The number of aromatic nitrogens is 1. The zero-order chi connectivity index (χ0) is 33.5. The molecule has 1 aliphatic heterocycles. The van der Waals surface area contributed by atoms with Gasteiger partial charge in [-0.3, -0.25) is 19.4 Å². The van der Waals surface area contributed by atoms with E-state index in [1.54, 1.807) is 49.4 Å². The lowest BCUT2D eigenvalue weighted by molar-refractivity contribution is -0.139. The molecule has 0 unspecified atom stereocenters. The van der Waals surface area contributed by atoms with E-state index in [9.17, 15) is 31.2 Å². The van der Waals surface area contributed by atoms with Gasteiger partial charge in [-0.25, -0.2) is 21.8 Å². The molecule has 2 aromatic carbocycles. The highest BCUT2D eigenvalue weighted by Crippen LogP contribution is 2.23. The third-order valence-corrected chi connectivity index (χ3v) is 11.3. The fourth-order valence-corrected chi connectivity index (χ4v) is 8.16. The van der Waals surface area contributed by atoms with E-state index >= 15 is 0 Å². The van der Waals surface area contributed by atoms with E-state index in [0.29, 0.717) is 5.56 Å². The molecule has 4 rings (SSSR count). The number of aliphatic imine (C=N–C) groups is 1. The summed E-state index contributed by atoms with van der Waals surface area (Å²) in [5, 5.41) is 3.98. The van der Waals surface area contributed by atoms with Gasteiger partial charge in [0.1, 0.15) is 0 Å². The average Bonchev–Trinajstić information content (AvgIpc) is 3.56. The number of nitrogens with one attached hydrogen (secondary N) is 2. The number of carbonyl (C=O) groups excluding carboxylic acids is 3. The van der Waals surface area contributed by atoms with Crippen LogP contribution in [0.2, 0.25) is 0 Å². The number of Topliss-reactive ketones (excluding diaryl/α,β-unsaturated/α-hetero) is 1. The first-order chi connectivity index (χ1) is 21.7. The Morgan fingerprint density at radius 3 is 2.37 bits per heavy atom. The maximum absolute atomic E-state index is 14.0. The van der Waals surface area contributed by atoms with Crippen molar-refractivity contribution in [3.8, 4) is 0 Å². The van der Waals surface area contributed by atoms with Crippen LogP contribution in [0.1, 0.15) is 33.8 Å². The number of nitrogens with two attached hydrogens (primary N) is 1. The lowest BCUT2D eigenvalue weighted by Crippen LogP contribution is -2.67. The molecule has 14 nitrogen and oxygen atoms in total. The summed E-state index contributed by atoms with van der Waals surface area (Å²) < 4.78 is 56.6. The molecule has 1 atom stereocenters. The van der Waals surface area contributed by atoms with Gasteiger partial charge in [0.15, 0.2) is 10.7 Å². The molecule has 0 bridgehead atoms. The molecule has 1 saturated heterocycles. The predicted octanol–water partition coefficient (Wildman–Crippen LogP) is 0.867. The smallest absolute Gasteiger partial charge is 0.242 e. The first-order valence-corrected chi connectivity index (χ1v) is 18.1. The molecule has 0 spiro atoms. The van der Waals surface area contributed by atoms with Gasteiger partial charge in [-0.2, -0.15) is 9.03 Å². The number of amidine groups is 1. The van der Waals surface area contributed by atoms with Crippen molar-refractivity contribution >= 4 is 54.8 Å². The highest BCUT2D eigenvalue weighted by atomic mass is 32.2. The Balaban J connectivity index is 1.58. The molecule has 0 aliphatic carbocycles. The number of benzene rings is 2. The van der Waals surface area contributed by atoms with Gasteiger partial charge in [0.05, 0.1) is 29.6 Å². The normalized spacial score (nSPS) is 16.2. The number of carbonyl (C=O) groups is 3. The molecule has 246 valence electrons. The molecule has 1 fully saturated rings. The molecule has 1 aliphatic rings. The maximum atomic E-state index is 14.0. The van der Waals surface area contributed by atoms with Crippen LogP contribution in [0.15, 0.2) is 76.1 Å². The Bertz CT molecular complexity index is 1800. The monoisotopic (exact) mass is 689 g/mol. The molecule has 4 N–H and O–H groups in total. The second-order valence-electron chi connectivity index (χ2n) is 10.6. The Morgan fingerprint density at radius 1 is 1.07 bits per heavy atom. The third kappa shape index (κ3) is 8.61. The van der Waals surface area contributed by atoms with Gasteiger partial charge in [0.25, 0.3) is 0 Å². The topological polar surface area (TPSA) is 201 Å². The van der Waals surface area contributed by atoms with E-state index in [4.69, 9.17) is 5.73 Å².